The third-order valence-electron chi connectivity index (χ3n) is 2.86. The highest BCUT2D eigenvalue weighted by Gasteiger charge is 2.11. The molecule has 0 aliphatic heterocycles. The molecule has 0 aliphatic rings. The van der Waals surface area contributed by atoms with E-state index in [1.165, 1.54) is 16.9 Å². The lowest BCUT2D eigenvalue weighted by molar-refractivity contribution is 0.500. The first-order valence-corrected chi connectivity index (χ1v) is 7.13. The summed E-state index contributed by atoms with van der Waals surface area (Å²) >= 11 is 1.82. The first-order chi connectivity index (χ1) is 8.83. The van der Waals surface area contributed by atoms with Crippen molar-refractivity contribution in [2.24, 2.45) is 0 Å². The van der Waals surface area contributed by atoms with Gasteiger partial charge in [0.25, 0.3) is 0 Å². The number of nitrogens with one attached hydrogen (secondary N) is 1. The van der Waals surface area contributed by atoms with Gasteiger partial charge in [-0.25, -0.2) is 4.68 Å². The molecule has 0 amide bonds. The van der Waals surface area contributed by atoms with Crippen LogP contribution in [0.25, 0.3) is 6.20 Å². The maximum atomic E-state index is 4.18. The molecule has 1 N–H and O–H groups in total. The van der Waals surface area contributed by atoms with Crippen molar-refractivity contribution in [3.8, 4) is 0 Å². The van der Waals surface area contributed by atoms with Crippen molar-refractivity contribution >= 4 is 17.5 Å². The highest BCUT2D eigenvalue weighted by Crippen LogP contribution is 2.23. The fraction of sp³-hybridized carbons (Fsp3) is 0.357. The lowest BCUT2D eigenvalue weighted by Crippen LogP contribution is -2.19. The molecule has 0 radical (unpaired) electrons. The van der Waals surface area contributed by atoms with Crippen molar-refractivity contribution in [3.63, 3.8) is 0 Å². The van der Waals surface area contributed by atoms with Crippen LogP contribution in [0.5, 0.6) is 0 Å². The molecule has 3 nitrogen and oxygen atoms in total. The predicted octanol–water partition coefficient (Wildman–Crippen LogP) is 3.68. The summed E-state index contributed by atoms with van der Waals surface area (Å²) in [5.74, 6) is 0. The van der Waals surface area contributed by atoms with E-state index in [0.717, 1.165) is 13.0 Å². The first-order valence-electron chi connectivity index (χ1n) is 6.26. The molecule has 1 unspecified atom stereocenters. The first kappa shape index (κ1) is 13.1. The van der Waals surface area contributed by atoms with E-state index in [1.807, 2.05) is 23.7 Å². The number of hydrogen-bond donors (Lipinski definition) is 1. The average Bonchev–Trinajstić information content (AvgIpc) is 3.05. The summed E-state index contributed by atoms with van der Waals surface area (Å²) in [6.45, 7) is 6.76. The van der Waals surface area contributed by atoms with E-state index in [1.54, 1.807) is 10.9 Å². The van der Waals surface area contributed by atoms with Gasteiger partial charge in [0.05, 0.1) is 6.20 Å². The largest absolute Gasteiger partial charge is 0.305 e. The van der Waals surface area contributed by atoms with Crippen molar-refractivity contribution in [2.45, 2.75) is 32.4 Å². The van der Waals surface area contributed by atoms with E-state index in [9.17, 15) is 0 Å². The number of rotatable bonds is 7. The molecule has 4 heteroatoms. The van der Waals surface area contributed by atoms with Crippen LogP contribution in [0, 0.1) is 0 Å². The minimum atomic E-state index is 0.446. The Labute approximate surface area is 112 Å². The third-order valence-corrected chi connectivity index (χ3v) is 3.84. The van der Waals surface area contributed by atoms with Crippen LogP contribution in [0.4, 0.5) is 0 Å². The topological polar surface area (TPSA) is 29.9 Å². The fourth-order valence-corrected chi connectivity index (χ4v) is 2.77. The monoisotopic (exact) mass is 261 g/mol. The lowest BCUT2D eigenvalue weighted by Gasteiger charge is -2.16. The highest BCUT2D eigenvalue weighted by molar-refractivity contribution is 7.10. The van der Waals surface area contributed by atoms with Crippen LogP contribution in [0.2, 0.25) is 0 Å². The van der Waals surface area contributed by atoms with Crippen LogP contribution in [0.1, 0.15) is 36.2 Å². The van der Waals surface area contributed by atoms with Gasteiger partial charge in [-0.05, 0) is 17.9 Å². The van der Waals surface area contributed by atoms with Gasteiger partial charge < -0.3 is 5.32 Å². The van der Waals surface area contributed by atoms with Crippen LogP contribution < -0.4 is 5.32 Å². The van der Waals surface area contributed by atoms with Gasteiger partial charge in [0.1, 0.15) is 0 Å². The molecule has 2 rings (SSSR count). The Hall–Kier alpha value is -1.39. The Morgan fingerprint density at radius 2 is 2.50 bits per heavy atom. The Morgan fingerprint density at radius 1 is 1.61 bits per heavy atom. The molecule has 96 valence electrons. The third kappa shape index (κ3) is 3.31. The molecule has 18 heavy (non-hydrogen) atoms. The van der Waals surface area contributed by atoms with E-state index in [0.29, 0.717) is 6.04 Å². The Balaban J connectivity index is 1.95. The second-order valence-electron chi connectivity index (χ2n) is 4.25. The Bertz CT molecular complexity index is 473. The molecule has 2 aromatic heterocycles. The zero-order valence-electron chi connectivity index (χ0n) is 10.7. The van der Waals surface area contributed by atoms with Crippen molar-refractivity contribution < 1.29 is 0 Å². The van der Waals surface area contributed by atoms with Crippen molar-refractivity contribution in [1.82, 2.24) is 15.1 Å². The number of hydrogen-bond acceptors (Lipinski definition) is 3. The van der Waals surface area contributed by atoms with Gasteiger partial charge in [-0.3, -0.25) is 0 Å². The number of thiophene rings is 1. The van der Waals surface area contributed by atoms with E-state index in [-0.39, 0.29) is 0 Å². The van der Waals surface area contributed by atoms with Gasteiger partial charge in [0.15, 0.2) is 0 Å². The van der Waals surface area contributed by atoms with E-state index in [2.05, 4.69) is 41.4 Å². The number of aromatic nitrogens is 2. The molecule has 0 fully saturated rings. The van der Waals surface area contributed by atoms with Gasteiger partial charge in [-0.2, -0.15) is 5.10 Å². The molecule has 0 aliphatic carbocycles. The molecule has 0 aromatic carbocycles. The zero-order chi connectivity index (χ0) is 12.8. The van der Waals surface area contributed by atoms with Crippen LogP contribution in [0.15, 0.2) is 36.5 Å². The summed E-state index contributed by atoms with van der Waals surface area (Å²) in [6.07, 6.45) is 7.92. The Kier molecular flexibility index (Phi) is 4.73. The fourth-order valence-electron chi connectivity index (χ4n) is 1.93. The van der Waals surface area contributed by atoms with Gasteiger partial charge in [-0.15, -0.1) is 11.3 Å². The summed E-state index contributed by atoms with van der Waals surface area (Å²) in [5.41, 5.74) is 1.19. The van der Waals surface area contributed by atoms with Crippen LogP contribution in [0.3, 0.4) is 0 Å². The van der Waals surface area contributed by atoms with Crippen LogP contribution >= 0.6 is 11.3 Å². The maximum Gasteiger partial charge on any atom is 0.0538 e. The molecule has 1 atom stereocenters. The van der Waals surface area contributed by atoms with Gasteiger partial charge in [0.2, 0.25) is 0 Å². The van der Waals surface area contributed by atoms with E-state index >= 15 is 0 Å². The van der Waals surface area contributed by atoms with Gasteiger partial charge in [-0.1, -0.05) is 26.0 Å². The molecular formula is C14H19N3S. The molecule has 2 heterocycles. The summed E-state index contributed by atoms with van der Waals surface area (Å²) in [7, 11) is 0. The summed E-state index contributed by atoms with van der Waals surface area (Å²) in [4.78, 5) is 1.41. The number of nitrogens with zero attached hydrogens (tertiary/aromatic N) is 2. The summed E-state index contributed by atoms with van der Waals surface area (Å²) < 4.78 is 1.73. The molecule has 0 spiro atoms. The maximum absolute atomic E-state index is 4.18. The van der Waals surface area contributed by atoms with Crippen molar-refractivity contribution in [3.05, 3.63) is 46.9 Å². The Morgan fingerprint density at radius 3 is 3.11 bits per heavy atom. The second kappa shape index (κ2) is 6.52. The molecule has 0 bridgehead atoms. The van der Waals surface area contributed by atoms with E-state index in [4.69, 9.17) is 0 Å². The minimum absolute atomic E-state index is 0.446. The van der Waals surface area contributed by atoms with Crippen LogP contribution in [-0.2, 0) is 6.54 Å². The zero-order valence-corrected chi connectivity index (χ0v) is 11.5. The summed E-state index contributed by atoms with van der Waals surface area (Å²) in [6, 6.07) is 4.76. The standard InChI is InChI=1S/C14H19N3S/c1-3-6-13(14-7-5-8-18-14)15-9-12-10-16-17(4-2)11-12/h4-5,7-8,10-11,13,15H,2-3,6,9H2,1H3. The van der Waals surface area contributed by atoms with Crippen molar-refractivity contribution in [2.75, 3.05) is 0 Å². The van der Waals surface area contributed by atoms with E-state index < -0.39 is 0 Å². The predicted molar refractivity (Wildman–Crippen MR) is 77.4 cm³/mol. The molecule has 2 aromatic rings. The SMILES string of the molecule is C=Cn1cc(CNC(CCC)c2cccs2)cn1. The normalized spacial score (nSPS) is 12.5. The average molecular weight is 261 g/mol. The molecular weight excluding hydrogens is 242 g/mol. The smallest absolute Gasteiger partial charge is 0.0538 e. The molecule has 0 saturated heterocycles. The second-order valence-corrected chi connectivity index (χ2v) is 5.23. The lowest BCUT2D eigenvalue weighted by atomic mass is 10.1. The van der Waals surface area contributed by atoms with Crippen LogP contribution in [-0.4, -0.2) is 9.78 Å². The quantitative estimate of drug-likeness (QED) is 0.824. The van der Waals surface area contributed by atoms with Gasteiger partial charge in [0, 0.05) is 35.4 Å². The highest BCUT2D eigenvalue weighted by atomic mass is 32.1. The molecule has 0 saturated carbocycles. The van der Waals surface area contributed by atoms with Crippen molar-refractivity contribution in [1.29, 1.82) is 0 Å². The minimum Gasteiger partial charge on any atom is -0.305 e. The van der Waals surface area contributed by atoms with Gasteiger partial charge >= 0.3 is 0 Å². The summed E-state index contributed by atoms with van der Waals surface area (Å²) in [5, 5.41) is 9.92.